The fourth-order valence-electron chi connectivity index (χ4n) is 1.79. The summed E-state index contributed by atoms with van der Waals surface area (Å²) in [6.45, 7) is 1.43. The van der Waals surface area contributed by atoms with Gasteiger partial charge in [-0.2, -0.15) is 5.10 Å². The van der Waals surface area contributed by atoms with Crippen LogP contribution in [0, 0.1) is 0 Å². The van der Waals surface area contributed by atoms with Crippen LogP contribution in [0.1, 0.15) is 6.92 Å². The van der Waals surface area contributed by atoms with Crippen molar-refractivity contribution in [3.05, 3.63) is 22.8 Å². The van der Waals surface area contributed by atoms with Crippen molar-refractivity contribution in [1.29, 1.82) is 0 Å². The first-order valence-corrected chi connectivity index (χ1v) is 6.27. The van der Waals surface area contributed by atoms with E-state index in [1.165, 1.54) is 14.0 Å². The van der Waals surface area contributed by atoms with E-state index in [4.69, 9.17) is 10.5 Å². The van der Waals surface area contributed by atoms with Crippen molar-refractivity contribution in [2.24, 2.45) is 0 Å². The van der Waals surface area contributed by atoms with Gasteiger partial charge in [-0.15, -0.1) is 0 Å². The number of aromatic nitrogens is 2. The molecule has 0 fully saturated rings. The van der Waals surface area contributed by atoms with Gasteiger partial charge in [-0.25, -0.2) is 0 Å². The number of carbonyl (C=O) groups excluding carboxylic acids is 1. The minimum atomic E-state index is -0.195. The number of nitrogens with one attached hydrogen (secondary N) is 2. The van der Waals surface area contributed by atoms with Crippen LogP contribution >= 0.6 is 15.9 Å². The Hall–Kier alpha value is -2.02. The highest BCUT2D eigenvalue weighted by atomic mass is 79.9. The predicted octanol–water partition coefficient (Wildman–Crippen LogP) is 2.39. The number of anilines is 2. The standard InChI is InChI=1S/C12H13BrN4O2/c1-6(18)16-11-9(19-2)4-3-8(13)10(11)7-5-15-17-12(7)14/h3-5H,1-2H3,(H,16,18)(H3,14,15,17). The lowest BCUT2D eigenvalue weighted by Crippen LogP contribution is -2.09. The molecular weight excluding hydrogens is 312 g/mol. The molecule has 6 nitrogen and oxygen atoms in total. The average molecular weight is 325 g/mol. The van der Waals surface area contributed by atoms with E-state index in [0.29, 0.717) is 22.8 Å². The lowest BCUT2D eigenvalue weighted by molar-refractivity contribution is -0.114. The molecule has 0 unspecified atom stereocenters. The quantitative estimate of drug-likeness (QED) is 0.808. The second-order valence-corrected chi connectivity index (χ2v) is 4.73. The number of carbonyl (C=O) groups is 1. The number of methoxy groups -OCH3 is 1. The van der Waals surface area contributed by atoms with Gasteiger partial charge in [-0.1, -0.05) is 15.9 Å². The summed E-state index contributed by atoms with van der Waals surface area (Å²) in [5.74, 6) is 0.772. The van der Waals surface area contributed by atoms with Crippen LogP contribution in [0.5, 0.6) is 5.75 Å². The minimum absolute atomic E-state index is 0.195. The Morgan fingerprint density at radius 3 is 2.79 bits per heavy atom. The normalized spacial score (nSPS) is 10.3. The Labute approximate surface area is 118 Å². The molecule has 1 amide bonds. The number of rotatable bonds is 3. The van der Waals surface area contributed by atoms with Crippen LogP contribution < -0.4 is 15.8 Å². The zero-order valence-corrected chi connectivity index (χ0v) is 12.0. The molecule has 1 aromatic heterocycles. The molecule has 7 heteroatoms. The maximum absolute atomic E-state index is 11.4. The van der Waals surface area contributed by atoms with Crippen LogP contribution in [0.4, 0.5) is 11.5 Å². The van der Waals surface area contributed by atoms with Gasteiger partial charge >= 0.3 is 0 Å². The number of nitrogens with zero attached hydrogens (tertiary/aromatic N) is 1. The van der Waals surface area contributed by atoms with Gasteiger partial charge in [0.15, 0.2) is 0 Å². The highest BCUT2D eigenvalue weighted by Gasteiger charge is 2.18. The average Bonchev–Trinajstić information content (AvgIpc) is 2.75. The smallest absolute Gasteiger partial charge is 0.221 e. The zero-order chi connectivity index (χ0) is 14.0. The van der Waals surface area contributed by atoms with Crippen molar-refractivity contribution in [2.45, 2.75) is 6.92 Å². The number of nitrogens with two attached hydrogens (primary N) is 1. The van der Waals surface area contributed by atoms with E-state index in [1.54, 1.807) is 12.3 Å². The first-order chi connectivity index (χ1) is 9.04. The van der Waals surface area contributed by atoms with Crippen molar-refractivity contribution in [3.63, 3.8) is 0 Å². The van der Waals surface area contributed by atoms with E-state index >= 15 is 0 Å². The highest BCUT2D eigenvalue weighted by Crippen LogP contribution is 2.42. The summed E-state index contributed by atoms with van der Waals surface area (Å²) in [6.07, 6.45) is 1.60. The van der Waals surface area contributed by atoms with Gasteiger partial charge in [0.05, 0.1) is 19.0 Å². The summed E-state index contributed by atoms with van der Waals surface area (Å²) < 4.78 is 6.06. The van der Waals surface area contributed by atoms with Crippen LogP contribution in [0.25, 0.3) is 11.1 Å². The number of H-pyrrole nitrogens is 1. The van der Waals surface area contributed by atoms with E-state index in [1.807, 2.05) is 6.07 Å². The van der Waals surface area contributed by atoms with Crippen molar-refractivity contribution >= 4 is 33.3 Å². The van der Waals surface area contributed by atoms with E-state index < -0.39 is 0 Å². The summed E-state index contributed by atoms with van der Waals surface area (Å²) in [7, 11) is 1.54. The molecule has 1 heterocycles. The number of hydrogen-bond acceptors (Lipinski definition) is 4. The molecule has 100 valence electrons. The van der Waals surface area contributed by atoms with Crippen molar-refractivity contribution in [1.82, 2.24) is 10.2 Å². The third-order valence-electron chi connectivity index (χ3n) is 2.58. The van der Waals surface area contributed by atoms with Crippen LogP contribution in [0.3, 0.4) is 0 Å². The van der Waals surface area contributed by atoms with Gasteiger partial charge in [0.25, 0.3) is 0 Å². The van der Waals surface area contributed by atoms with Crippen molar-refractivity contribution in [3.8, 4) is 16.9 Å². The number of halogens is 1. The lowest BCUT2D eigenvalue weighted by Gasteiger charge is -2.15. The first-order valence-electron chi connectivity index (χ1n) is 5.48. The number of benzene rings is 1. The third kappa shape index (κ3) is 2.55. The van der Waals surface area contributed by atoms with Gasteiger partial charge < -0.3 is 15.8 Å². The summed E-state index contributed by atoms with van der Waals surface area (Å²) >= 11 is 3.45. The maximum Gasteiger partial charge on any atom is 0.221 e. The largest absolute Gasteiger partial charge is 0.495 e. The van der Waals surface area contributed by atoms with Crippen LogP contribution in [0.15, 0.2) is 22.8 Å². The van der Waals surface area contributed by atoms with Gasteiger partial charge in [-0.05, 0) is 12.1 Å². The molecule has 0 aliphatic carbocycles. The van der Waals surface area contributed by atoms with E-state index in [0.717, 1.165) is 10.0 Å². The SMILES string of the molecule is COc1ccc(Br)c(-c2cn[nH]c2N)c1NC(C)=O. The van der Waals surface area contributed by atoms with E-state index in [9.17, 15) is 4.79 Å². The van der Waals surface area contributed by atoms with Crippen LogP contribution in [0.2, 0.25) is 0 Å². The van der Waals surface area contributed by atoms with Gasteiger partial charge in [0.2, 0.25) is 5.91 Å². The molecule has 0 aliphatic rings. The first kappa shape index (κ1) is 13.4. The number of nitrogen functional groups attached to an aromatic ring is 1. The molecule has 2 rings (SSSR count). The number of aromatic amines is 1. The fourth-order valence-corrected chi connectivity index (χ4v) is 2.33. The topological polar surface area (TPSA) is 93.0 Å². The van der Waals surface area contributed by atoms with Crippen LogP contribution in [-0.2, 0) is 4.79 Å². The van der Waals surface area contributed by atoms with Gasteiger partial charge in [-0.3, -0.25) is 9.89 Å². The molecule has 0 saturated carbocycles. The van der Waals surface area contributed by atoms with Crippen LogP contribution in [-0.4, -0.2) is 23.2 Å². The Bertz CT molecular complexity index is 624. The number of ether oxygens (including phenoxy) is 1. The second-order valence-electron chi connectivity index (χ2n) is 3.88. The van der Waals surface area contributed by atoms with E-state index in [2.05, 4.69) is 31.4 Å². The summed E-state index contributed by atoms with van der Waals surface area (Å²) in [6, 6.07) is 3.58. The Morgan fingerprint density at radius 1 is 1.53 bits per heavy atom. The molecule has 0 saturated heterocycles. The molecule has 0 aliphatic heterocycles. The van der Waals surface area contributed by atoms with Crippen molar-refractivity contribution in [2.75, 3.05) is 18.2 Å². The van der Waals surface area contributed by atoms with E-state index in [-0.39, 0.29) is 5.91 Å². The second kappa shape index (κ2) is 5.31. The summed E-state index contributed by atoms with van der Waals surface area (Å²) in [4.78, 5) is 11.4. The molecule has 0 radical (unpaired) electrons. The van der Waals surface area contributed by atoms with Gasteiger partial charge in [0.1, 0.15) is 11.6 Å². The Balaban J connectivity index is 2.70. The molecule has 0 spiro atoms. The zero-order valence-electron chi connectivity index (χ0n) is 10.5. The number of amides is 1. The highest BCUT2D eigenvalue weighted by molar-refractivity contribution is 9.10. The third-order valence-corrected chi connectivity index (χ3v) is 3.24. The summed E-state index contributed by atoms with van der Waals surface area (Å²) in [5, 5.41) is 9.31. The van der Waals surface area contributed by atoms with Gasteiger partial charge in [0, 0.05) is 22.5 Å². The monoisotopic (exact) mass is 324 g/mol. The predicted molar refractivity (Wildman–Crippen MR) is 77.0 cm³/mol. The molecule has 2 aromatic rings. The molecule has 19 heavy (non-hydrogen) atoms. The molecule has 0 atom stereocenters. The molecule has 4 N–H and O–H groups in total. The van der Waals surface area contributed by atoms with Crippen molar-refractivity contribution < 1.29 is 9.53 Å². The fraction of sp³-hybridized carbons (Fsp3) is 0.167. The lowest BCUT2D eigenvalue weighted by atomic mass is 10.1. The number of hydrogen-bond donors (Lipinski definition) is 3. The maximum atomic E-state index is 11.4. The Kier molecular flexibility index (Phi) is 3.75. The molecular formula is C12H13BrN4O2. The minimum Gasteiger partial charge on any atom is -0.495 e. The Morgan fingerprint density at radius 2 is 2.26 bits per heavy atom. The molecule has 0 bridgehead atoms. The molecule has 1 aromatic carbocycles. The summed E-state index contributed by atoms with van der Waals surface area (Å²) in [5.41, 5.74) is 7.81.